The van der Waals surface area contributed by atoms with E-state index in [1.807, 2.05) is 17.6 Å². The van der Waals surface area contributed by atoms with Crippen LogP contribution in [0.2, 0.25) is 0 Å². The molecule has 0 aliphatic rings. The second-order valence-corrected chi connectivity index (χ2v) is 7.20. The van der Waals surface area contributed by atoms with E-state index < -0.39 is 11.6 Å². The summed E-state index contributed by atoms with van der Waals surface area (Å²) >= 11 is 0. The third kappa shape index (κ3) is 4.08. The molecule has 0 spiro atoms. The highest BCUT2D eigenvalue weighted by Crippen LogP contribution is 2.21. The maximum atomic E-state index is 14.0. The molecule has 0 saturated carbocycles. The summed E-state index contributed by atoms with van der Waals surface area (Å²) in [5, 5.41) is 3.74. The predicted octanol–water partition coefficient (Wildman–Crippen LogP) is 5.60. The summed E-state index contributed by atoms with van der Waals surface area (Å²) in [7, 11) is 0. The monoisotopic (exact) mass is 408 g/mol. The number of halogens is 3. The van der Waals surface area contributed by atoms with Crippen molar-refractivity contribution in [3.05, 3.63) is 107 Å². The van der Waals surface area contributed by atoms with Crippen molar-refractivity contribution >= 4 is 16.8 Å². The number of hydrogen-bond acceptors (Lipinski definition) is 1. The van der Waals surface area contributed by atoms with Crippen molar-refractivity contribution in [3.63, 3.8) is 0 Å². The largest absolute Gasteiger partial charge is 0.346 e. The van der Waals surface area contributed by atoms with Crippen molar-refractivity contribution in [3.8, 4) is 0 Å². The second-order valence-electron chi connectivity index (χ2n) is 7.20. The molecule has 1 atom stereocenters. The number of amides is 1. The van der Waals surface area contributed by atoms with Gasteiger partial charge in [-0.05, 0) is 55.0 Å². The lowest BCUT2D eigenvalue weighted by atomic mass is 10.1. The van der Waals surface area contributed by atoms with Gasteiger partial charge in [0.2, 0.25) is 0 Å². The summed E-state index contributed by atoms with van der Waals surface area (Å²) in [5.74, 6) is -1.78. The summed E-state index contributed by atoms with van der Waals surface area (Å²) in [4.78, 5) is 12.6. The first-order chi connectivity index (χ1) is 14.4. The molecular formula is C24H19F3N2O. The molecule has 0 bridgehead atoms. The Morgan fingerprint density at radius 1 is 0.933 bits per heavy atom. The highest BCUT2D eigenvalue weighted by molar-refractivity contribution is 5.98. The van der Waals surface area contributed by atoms with Gasteiger partial charge < -0.3 is 9.88 Å². The van der Waals surface area contributed by atoms with Crippen LogP contribution in [0.3, 0.4) is 0 Å². The molecule has 152 valence electrons. The summed E-state index contributed by atoms with van der Waals surface area (Å²) in [6.07, 6.45) is 1.80. The Bertz CT molecular complexity index is 1220. The highest BCUT2D eigenvalue weighted by atomic mass is 19.1. The first kappa shape index (κ1) is 19.8. The maximum absolute atomic E-state index is 14.0. The molecule has 3 nitrogen and oxygen atoms in total. The van der Waals surface area contributed by atoms with Gasteiger partial charge in [0.1, 0.15) is 17.5 Å². The average molecular weight is 408 g/mol. The molecule has 0 aliphatic heterocycles. The number of rotatable bonds is 5. The van der Waals surface area contributed by atoms with Crippen molar-refractivity contribution in [2.75, 3.05) is 0 Å². The number of fused-ring (bicyclic) bond motifs is 1. The lowest BCUT2D eigenvalue weighted by Gasteiger charge is -2.14. The van der Waals surface area contributed by atoms with E-state index in [9.17, 15) is 18.0 Å². The molecule has 3 aromatic carbocycles. The van der Waals surface area contributed by atoms with Crippen LogP contribution in [0.4, 0.5) is 13.2 Å². The second kappa shape index (κ2) is 8.06. The molecule has 4 aromatic rings. The van der Waals surface area contributed by atoms with Crippen molar-refractivity contribution in [1.29, 1.82) is 0 Å². The van der Waals surface area contributed by atoms with E-state index in [-0.39, 0.29) is 24.3 Å². The quantitative estimate of drug-likeness (QED) is 0.458. The minimum absolute atomic E-state index is 0.244. The van der Waals surface area contributed by atoms with E-state index in [1.165, 1.54) is 24.3 Å². The number of hydrogen-bond donors (Lipinski definition) is 1. The summed E-state index contributed by atoms with van der Waals surface area (Å²) in [6.45, 7) is 2.08. The Labute approximate surface area is 171 Å². The molecule has 30 heavy (non-hydrogen) atoms. The lowest BCUT2D eigenvalue weighted by molar-refractivity contribution is 0.0940. The topological polar surface area (TPSA) is 34.0 Å². The number of carbonyl (C=O) groups is 1. The van der Waals surface area contributed by atoms with Gasteiger partial charge in [-0.15, -0.1) is 0 Å². The molecule has 1 aromatic heterocycles. The first-order valence-corrected chi connectivity index (χ1v) is 9.50. The molecule has 1 heterocycles. The predicted molar refractivity (Wildman–Crippen MR) is 110 cm³/mol. The third-order valence-corrected chi connectivity index (χ3v) is 5.11. The van der Waals surface area contributed by atoms with Crippen molar-refractivity contribution in [1.82, 2.24) is 9.88 Å². The van der Waals surface area contributed by atoms with Gasteiger partial charge in [0, 0.05) is 34.3 Å². The van der Waals surface area contributed by atoms with Crippen LogP contribution in [0.5, 0.6) is 0 Å². The number of nitrogens with one attached hydrogen (secondary N) is 1. The molecule has 1 N–H and O–H groups in total. The summed E-state index contributed by atoms with van der Waals surface area (Å²) in [6, 6.07) is 16.3. The Morgan fingerprint density at radius 3 is 2.40 bits per heavy atom. The van der Waals surface area contributed by atoms with Crippen LogP contribution in [-0.4, -0.2) is 10.5 Å². The Balaban J connectivity index is 1.52. The molecule has 0 fully saturated rings. The maximum Gasteiger partial charge on any atom is 0.251 e. The number of carbonyl (C=O) groups excluding carboxylic acids is 1. The third-order valence-electron chi connectivity index (χ3n) is 5.11. The minimum Gasteiger partial charge on any atom is -0.346 e. The first-order valence-electron chi connectivity index (χ1n) is 9.50. The molecule has 6 heteroatoms. The van der Waals surface area contributed by atoms with Gasteiger partial charge >= 0.3 is 0 Å². The fourth-order valence-corrected chi connectivity index (χ4v) is 3.43. The van der Waals surface area contributed by atoms with Crippen LogP contribution in [0, 0.1) is 17.5 Å². The van der Waals surface area contributed by atoms with Crippen molar-refractivity contribution in [2.24, 2.45) is 0 Å². The van der Waals surface area contributed by atoms with E-state index in [0.29, 0.717) is 11.1 Å². The van der Waals surface area contributed by atoms with Gasteiger partial charge in [-0.3, -0.25) is 4.79 Å². The van der Waals surface area contributed by atoms with Crippen LogP contribution in [0.25, 0.3) is 10.9 Å². The Kier molecular flexibility index (Phi) is 5.31. The van der Waals surface area contributed by atoms with E-state index in [1.54, 1.807) is 36.5 Å². The van der Waals surface area contributed by atoms with E-state index in [0.717, 1.165) is 22.5 Å². The van der Waals surface area contributed by atoms with Gasteiger partial charge in [0.05, 0.1) is 12.6 Å². The smallest absolute Gasteiger partial charge is 0.251 e. The van der Waals surface area contributed by atoms with E-state index >= 15 is 0 Å². The molecule has 0 radical (unpaired) electrons. The molecule has 1 unspecified atom stereocenters. The zero-order chi connectivity index (χ0) is 21.3. The number of nitrogens with zero attached hydrogens (tertiary/aromatic N) is 1. The molecule has 1 amide bonds. The molecule has 4 rings (SSSR count). The minimum atomic E-state index is -0.612. The number of aromatic nitrogens is 1. The normalized spacial score (nSPS) is 12.1. The van der Waals surface area contributed by atoms with Gasteiger partial charge in [0.25, 0.3) is 5.91 Å². The van der Waals surface area contributed by atoms with Crippen molar-refractivity contribution < 1.29 is 18.0 Å². The highest BCUT2D eigenvalue weighted by Gasteiger charge is 2.13. The zero-order valence-corrected chi connectivity index (χ0v) is 16.2. The Hall–Kier alpha value is -3.54. The Morgan fingerprint density at radius 2 is 1.67 bits per heavy atom. The van der Waals surface area contributed by atoms with E-state index in [4.69, 9.17) is 0 Å². The molecular weight excluding hydrogens is 389 g/mol. The van der Waals surface area contributed by atoms with Gasteiger partial charge in [-0.2, -0.15) is 0 Å². The molecule has 0 aliphatic carbocycles. The van der Waals surface area contributed by atoms with E-state index in [2.05, 4.69) is 5.32 Å². The molecule has 0 saturated heterocycles. The van der Waals surface area contributed by atoms with Crippen LogP contribution >= 0.6 is 0 Å². The number of benzene rings is 3. The standard InChI is InChI=1S/C24H19F3N2O/c1-15(16-2-6-20(25)7-3-16)28-24(30)18-5-9-23-17(12-18)10-11-29(23)14-19-4-8-21(26)13-22(19)27/h2-13,15H,14H2,1H3,(H,28,30). The van der Waals surface area contributed by atoms with Crippen LogP contribution in [-0.2, 0) is 6.54 Å². The van der Waals surface area contributed by atoms with Gasteiger partial charge in [-0.1, -0.05) is 18.2 Å². The van der Waals surface area contributed by atoms with Crippen LogP contribution in [0.1, 0.15) is 34.5 Å². The fourth-order valence-electron chi connectivity index (χ4n) is 3.43. The van der Waals surface area contributed by atoms with Crippen molar-refractivity contribution in [2.45, 2.75) is 19.5 Å². The zero-order valence-electron chi connectivity index (χ0n) is 16.2. The van der Waals surface area contributed by atoms with Crippen LogP contribution in [0.15, 0.2) is 72.9 Å². The van der Waals surface area contributed by atoms with Crippen LogP contribution < -0.4 is 5.32 Å². The fraction of sp³-hybridized carbons (Fsp3) is 0.125. The van der Waals surface area contributed by atoms with Gasteiger partial charge in [-0.25, -0.2) is 13.2 Å². The summed E-state index contributed by atoms with van der Waals surface area (Å²) in [5.41, 5.74) is 2.51. The average Bonchev–Trinajstić information content (AvgIpc) is 3.12. The van der Waals surface area contributed by atoms with Gasteiger partial charge in [0.15, 0.2) is 0 Å². The summed E-state index contributed by atoms with van der Waals surface area (Å²) < 4.78 is 42.0. The lowest BCUT2D eigenvalue weighted by Crippen LogP contribution is -2.26. The SMILES string of the molecule is CC(NC(=O)c1ccc2c(ccn2Cc2ccc(F)cc2F)c1)c1ccc(F)cc1.